The van der Waals surface area contributed by atoms with E-state index in [2.05, 4.69) is 5.32 Å². The van der Waals surface area contributed by atoms with Crippen LogP contribution in [0.2, 0.25) is 0 Å². The third kappa shape index (κ3) is 4.06. The van der Waals surface area contributed by atoms with E-state index in [1.165, 1.54) is 0 Å². The molecule has 3 heterocycles. The Morgan fingerprint density at radius 2 is 2.03 bits per heavy atom. The average Bonchev–Trinajstić information content (AvgIpc) is 3.27. The highest BCUT2D eigenvalue weighted by atomic mass is 32.1. The standard InChI is InChI=1S/C21H19F4NO4S/c1-2-8-29-20(28)15-11-9-10-6-7-14(30-10)17(11)31-19(15)26-18(27)16-12(21(23,24)25)4-3-5-13(16)22/h3-5,10,14H,2,6-9H2,1H3,(H,26,27). The van der Waals surface area contributed by atoms with Crippen LogP contribution in [0.3, 0.4) is 0 Å². The Balaban J connectivity index is 1.74. The highest BCUT2D eigenvalue weighted by molar-refractivity contribution is 7.17. The summed E-state index contributed by atoms with van der Waals surface area (Å²) in [6, 6.07) is 2.31. The molecule has 5 nitrogen and oxygen atoms in total. The molecule has 1 aromatic heterocycles. The van der Waals surface area contributed by atoms with Crippen LogP contribution < -0.4 is 5.32 Å². The first-order valence-corrected chi connectivity index (χ1v) is 10.7. The summed E-state index contributed by atoms with van der Waals surface area (Å²) < 4.78 is 65.3. The Morgan fingerprint density at radius 3 is 2.74 bits per heavy atom. The van der Waals surface area contributed by atoms with E-state index >= 15 is 0 Å². The van der Waals surface area contributed by atoms with Crippen LogP contribution in [0.15, 0.2) is 18.2 Å². The first-order valence-electron chi connectivity index (χ1n) is 9.85. The summed E-state index contributed by atoms with van der Waals surface area (Å²) in [5, 5.41) is 2.38. The van der Waals surface area contributed by atoms with Crippen molar-refractivity contribution in [3.05, 3.63) is 51.1 Å². The van der Waals surface area contributed by atoms with Crippen LogP contribution in [0.25, 0.3) is 0 Å². The fourth-order valence-electron chi connectivity index (χ4n) is 3.95. The molecule has 10 heteroatoms. The van der Waals surface area contributed by atoms with Gasteiger partial charge in [0.2, 0.25) is 0 Å². The summed E-state index contributed by atoms with van der Waals surface area (Å²) in [5.41, 5.74) is -1.70. The fourth-order valence-corrected chi connectivity index (χ4v) is 5.24. The number of hydrogen-bond donors (Lipinski definition) is 1. The van der Waals surface area contributed by atoms with Gasteiger partial charge in [-0.15, -0.1) is 11.3 Å². The van der Waals surface area contributed by atoms with Crippen LogP contribution in [-0.4, -0.2) is 24.6 Å². The third-order valence-electron chi connectivity index (χ3n) is 5.28. The average molecular weight is 457 g/mol. The molecule has 1 fully saturated rings. The van der Waals surface area contributed by atoms with Crippen LogP contribution in [0.5, 0.6) is 0 Å². The summed E-state index contributed by atoms with van der Waals surface area (Å²) in [6.45, 7) is 1.98. The predicted octanol–water partition coefficient (Wildman–Crippen LogP) is 5.50. The SMILES string of the molecule is CCCOC(=O)c1c(NC(=O)c2c(F)cccc2C(F)(F)F)sc2c1CC1CCC2O1. The lowest BCUT2D eigenvalue weighted by Crippen LogP contribution is -2.22. The van der Waals surface area contributed by atoms with Crippen molar-refractivity contribution in [3.63, 3.8) is 0 Å². The molecule has 2 bridgehead atoms. The van der Waals surface area contributed by atoms with Crippen LogP contribution in [0, 0.1) is 5.82 Å². The number of alkyl halides is 3. The van der Waals surface area contributed by atoms with Crippen molar-refractivity contribution in [3.8, 4) is 0 Å². The smallest absolute Gasteiger partial charge is 0.417 e. The zero-order valence-corrected chi connectivity index (χ0v) is 17.3. The quantitative estimate of drug-likeness (QED) is 0.476. The van der Waals surface area contributed by atoms with E-state index in [4.69, 9.17) is 9.47 Å². The van der Waals surface area contributed by atoms with Crippen molar-refractivity contribution in [2.24, 2.45) is 0 Å². The van der Waals surface area contributed by atoms with Crippen LogP contribution in [0.4, 0.5) is 22.6 Å². The molecule has 1 saturated heterocycles. The summed E-state index contributed by atoms with van der Waals surface area (Å²) in [4.78, 5) is 26.2. The molecule has 0 radical (unpaired) electrons. The minimum atomic E-state index is -4.92. The summed E-state index contributed by atoms with van der Waals surface area (Å²) in [5.74, 6) is -3.24. The second kappa shape index (κ2) is 8.23. The van der Waals surface area contributed by atoms with Crippen molar-refractivity contribution in [2.45, 2.75) is 51.0 Å². The van der Waals surface area contributed by atoms with Gasteiger partial charge in [0.15, 0.2) is 0 Å². The number of nitrogens with one attached hydrogen (secondary N) is 1. The van der Waals surface area contributed by atoms with Gasteiger partial charge in [0, 0.05) is 11.3 Å². The number of halogens is 4. The van der Waals surface area contributed by atoms with Crippen molar-refractivity contribution in [2.75, 3.05) is 11.9 Å². The van der Waals surface area contributed by atoms with Gasteiger partial charge in [0.1, 0.15) is 10.8 Å². The predicted molar refractivity (Wildman–Crippen MR) is 105 cm³/mol. The first kappa shape index (κ1) is 21.8. The number of amides is 1. The second-order valence-corrected chi connectivity index (χ2v) is 8.48. The van der Waals surface area contributed by atoms with E-state index in [1.54, 1.807) is 0 Å². The normalized spacial score (nSPS) is 19.8. The number of ether oxygens (including phenoxy) is 2. The first-order chi connectivity index (χ1) is 14.7. The van der Waals surface area contributed by atoms with Gasteiger partial charge in [-0.1, -0.05) is 13.0 Å². The van der Waals surface area contributed by atoms with Crippen molar-refractivity contribution >= 4 is 28.2 Å². The van der Waals surface area contributed by atoms with Gasteiger partial charge in [0.05, 0.1) is 35.5 Å². The lowest BCUT2D eigenvalue weighted by molar-refractivity contribution is -0.138. The molecule has 166 valence electrons. The number of thiophene rings is 1. The number of fused-ring (bicyclic) bond motifs is 4. The van der Waals surface area contributed by atoms with Gasteiger partial charge in [0.25, 0.3) is 5.91 Å². The van der Waals surface area contributed by atoms with Crippen molar-refractivity contribution in [1.29, 1.82) is 0 Å². The fraction of sp³-hybridized carbons (Fsp3) is 0.429. The molecule has 2 aromatic rings. The number of carbonyl (C=O) groups excluding carboxylic acids is 2. The monoisotopic (exact) mass is 457 g/mol. The molecule has 1 amide bonds. The van der Waals surface area contributed by atoms with Crippen LogP contribution in [-0.2, 0) is 22.1 Å². The lowest BCUT2D eigenvalue weighted by atomic mass is 10.0. The van der Waals surface area contributed by atoms with E-state index in [1.807, 2.05) is 6.92 Å². The van der Waals surface area contributed by atoms with Crippen molar-refractivity contribution in [1.82, 2.24) is 0 Å². The summed E-state index contributed by atoms with van der Waals surface area (Å²) in [6.07, 6.45) is -2.60. The minimum absolute atomic E-state index is 0.0450. The maximum absolute atomic E-state index is 14.2. The maximum Gasteiger partial charge on any atom is 0.417 e. The molecular formula is C21H19F4NO4S. The van der Waals surface area contributed by atoms with Crippen LogP contribution in [0.1, 0.15) is 69.0 Å². The molecule has 1 aromatic carbocycles. The molecule has 0 spiro atoms. The number of anilines is 1. The van der Waals surface area contributed by atoms with E-state index in [-0.39, 0.29) is 29.4 Å². The Hall–Kier alpha value is -2.46. The molecule has 2 aliphatic rings. The molecular weight excluding hydrogens is 438 g/mol. The lowest BCUT2D eigenvalue weighted by Gasteiger charge is -2.21. The highest BCUT2D eigenvalue weighted by Crippen LogP contribution is 2.49. The topological polar surface area (TPSA) is 64.6 Å². The largest absolute Gasteiger partial charge is 0.462 e. The number of carbonyl (C=O) groups is 2. The van der Waals surface area contributed by atoms with E-state index in [9.17, 15) is 27.2 Å². The number of rotatable bonds is 5. The molecule has 0 saturated carbocycles. The number of hydrogen-bond acceptors (Lipinski definition) is 5. The molecule has 1 N–H and O–H groups in total. The molecule has 4 rings (SSSR count). The Labute approximate surface area is 179 Å². The zero-order valence-electron chi connectivity index (χ0n) is 16.5. The Bertz CT molecular complexity index is 1030. The van der Waals surface area contributed by atoms with Gasteiger partial charge in [-0.05, 0) is 37.0 Å². The summed E-state index contributed by atoms with van der Waals surface area (Å²) in [7, 11) is 0. The minimum Gasteiger partial charge on any atom is -0.462 e. The van der Waals surface area contributed by atoms with E-state index < -0.39 is 35.0 Å². The highest BCUT2D eigenvalue weighted by Gasteiger charge is 2.41. The molecule has 2 aliphatic heterocycles. The Kier molecular flexibility index (Phi) is 5.78. The molecule has 2 unspecified atom stereocenters. The van der Waals surface area contributed by atoms with E-state index in [0.717, 1.165) is 41.2 Å². The Morgan fingerprint density at radius 1 is 1.26 bits per heavy atom. The molecule has 31 heavy (non-hydrogen) atoms. The van der Waals surface area contributed by atoms with Gasteiger partial charge >= 0.3 is 12.1 Å². The molecule has 2 atom stereocenters. The van der Waals surface area contributed by atoms with Gasteiger partial charge in [-0.25, -0.2) is 9.18 Å². The summed E-state index contributed by atoms with van der Waals surface area (Å²) >= 11 is 1.06. The van der Waals surface area contributed by atoms with Gasteiger partial charge in [-0.3, -0.25) is 4.79 Å². The number of esters is 1. The maximum atomic E-state index is 14.2. The van der Waals surface area contributed by atoms with Gasteiger partial charge < -0.3 is 14.8 Å². The third-order valence-corrected chi connectivity index (χ3v) is 6.52. The zero-order chi connectivity index (χ0) is 22.3. The van der Waals surface area contributed by atoms with Crippen LogP contribution >= 0.6 is 11.3 Å². The second-order valence-electron chi connectivity index (χ2n) is 7.43. The van der Waals surface area contributed by atoms with Crippen molar-refractivity contribution < 1.29 is 36.6 Å². The molecule has 0 aliphatic carbocycles. The van der Waals surface area contributed by atoms with E-state index in [0.29, 0.717) is 24.5 Å². The number of benzene rings is 1. The van der Waals surface area contributed by atoms with Gasteiger partial charge in [-0.2, -0.15) is 13.2 Å².